The van der Waals surface area contributed by atoms with Gasteiger partial charge in [-0.1, -0.05) is 13.8 Å². The first-order valence-corrected chi connectivity index (χ1v) is 5.64. The smallest absolute Gasteiger partial charge is 0.317 e. The summed E-state index contributed by atoms with van der Waals surface area (Å²) in [5.74, 6) is -0.342. The first-order chi connectivity index (χ1) is 7.43. The summed E-state index contributed by atoms with van der Waals surface area (Å²) in [6.07, 6.45) is 1.47. The van der Waals surface area contributed by atoms with Gasteiger partial charge >= 0.3 is 12.0 Å². The summed E-state index contributed by atoms with van der Waals surface area (Å²) in [4.78, 5) is 23.3. The molecule has 0 spiro atoms. The fourth-order valence-electron chi connectivity index (χ4n) is 1.36. The maximum absolute atomic E-state index is 11.5. The summed E-state index contributed by atoms with van der Waals surface area (Å²) in [6, 6.07) is -0.0935. The maximum atomic E-state index is 11.5. The van der Waals surface area contributed by atoms with Crippen molar-refractivity contribution in [1.29, 1.82) is 0 Å². The Kier molecular flexibility index (Phi) is 7.33. The molecule has 0 aromatic heterocycles. The molecule has 0 heterocycles. The second-order valence-electron chi connectivity index (χ2n) is 4.36. The van der Waals surface area contributed by atoms with Crippen LogP contribution in [0, 0.1) is 5.92 Å². The Bertz CT molecular complexity index is 229. The maximum Gasteiger partial charge on any atom is 0.317 e. The van der Waals surface area contributed by atoms with Crippen LogP contribution in [-0.2, 0) is 4.79 Å². The van der Waals surface area contributed by atoms with Gasteiger partial charge in [-0.3, -0.25) is 4.79 Å². The minimum Gasteiger partial charge on any atom is -0.481 e. The SMILES string of the molecule is CC(C)CN(C)C(=O)NCCCCC(=O)O. The van der Waals surface area contributed by atoms with Crippen molar-refractivity contribution in [1.82, 2.24) is 10.2 Å². The number of amides is 2. The van der Waals surface area contributed by atoms with Gasteiger partial charge in [0.1, 0.15) is 0 Å². The standard InChI is InChI=1S/C11H22N2O3/c1-9(2)8-13(3)11(16)12-7-5-4-6-10(14)15/h9H,4-8H2,1-3H3,(H,12,16)(H,14,15). The van der Waals surface area contributed by atoms with Crippen LogP contribution < -0.4 is 5.32 Å². The van der Waals surface area contributed by atoms with Crippen molar-refractivity contribution in [3.8, 4) is 0 Å². The third kappa shape index (κ3) is 8.08. The quantitative estimate of drug-likeness (QED) is 0.652. The van der Waals surface area contributed by atoms with Gasteiger partial charge in [-0.25, -0.2) is 4.79 Å². The van der Waals surface area contributed by atoms with Crippen LogP contribution in [0.15, 0.2) is 0 Å². The Morgan fingerprint density at radius 1 is 1.31 bits per heavy atom. The van der Waals surface area contributed by atoms with Crippen molar-refractivity contribution in [3.63, 3.8) is 0 Å². The van der Waals surface area contributed by atoms with E-state index in [1.807, 2.05) is 0 Å². The van der Waals surface area contributed by atoms with Gasteiger partial charge in [0.25, 0.3) is 0 Å². The minimum atomic E-state index is -0.789. The number of carbonyl (C=O) groups is 2. The third-order valence-corrected chi connectivity index (χ3v) is 2.08. The van der Waals surface area contributed by atoms with Crippen molar-refractivity contribution in [3.05, 3.63) is 0 Å². The van der Waals surface area contributed by atoms with E-state index in [0.29, 0.717) is 25.3 Å². The zero-order valence-electron chi connectivity index (χ0n) is 10.3. The average molecular weight is 230 g/mol. The Morgan fingerprint density at radius 3 is 2.44 bits per heavy atom. The lowest BCUT2D eigenvalue weighted by Crippen LogP contribution is -2.39. The van der Waals surface area contributed by atoms with Gasteiger partial charge in [-0.05, 0) is 18.8 Å². The molecule has 0 aliphatic heterocycles. The van der Waals surface area contributed by atoms with E-state index in [1.165, 1.54) is 0 Å². The largest absolute Gasteiger partial charge is 0.481 e. The van der Waals surface area contributed by atoms with Gasteiger partial charge in [-0.15, -0.1) is 0 Å². The van der Waals surface area contributed by atoms with E-state index in [4.69, 9.17) is 5.11 Å². The van der Waals surface area contributed by atoms with Gasteiger partial charge in [0.15, 0.2) is 0 Å². The molecule has 0 fully saturated rings. The van der Waals surface area contributed by atoms with Crippen molar-refractivity contribution in [2.45, 2.75) is 33.1 Å². The molecule has 5 nitrogen and oxygen atoms in total. The van der Waals surface area contributed by atoms with Gasteiger partial charge < -0.3 is 15.3 Å². The van der Waals surface area contributed by atoms with Crippen LogP contribution in [0.25, 0.3) is 0 Å². The van der Waals surface area contributed by atoms with E-state index in [9.17, 15) is 9.59 Å². The van der Waals surface area contributed by atoms with Crippen molar-refractivity contribution < 1.29 is 14.7 Å². The summed E-state index contributed by atoms with van der Waals surface area (Å²) in [5, 5.41) is 11.2. The third-order valence-electron chi connectivity index (χ3n) is 2.08. The summed E-state index contributed by atoms with van der Waals surface area (Å²) in [6.45, 7) is 5.36. The number of carboxylic acid groups (broad SMARTS) is 1. The van der Waals surface area contributed by atoms with Crippen LogP contribution in [0.4, 0.5) is 4.79 Å². The fourth-order valence-corrected chi connectivity index (χ4v) is 1.36. The molecule has 0 radical (unpaired) electrons. The number of nitrogens with zero attached hydrogens (tertiary/aromatic N) is 1. The Morgan fingerprint density at radius 2 is 1.94 bits per heavy atom. The van der Waals surface area contributed by atoms with E-state index < -0.39 is 5.97 Å². The molecule has 0 bridgehead atoms. The molecule has 5 heteroatoms. The lowest BCUT2D eigenvalue weighted by Gasteiger charge is -2.19. The molecule has 2 amide bonds. The number of nitrogens with one attached hydrogen (secondary N) is 1. The number of carboxylic acids is 1. The molecule has 2 N–H and O–H groups in total. The van der Waals surface area contributed by atoms with Gasteiger partial charge in [0.05, 0.1) is 0 Å². The van der Waals surface area contributed by atoms with E-state index in [1.54, 1.807) is 11.9 Å². The molecular weight excluding hydrogens is 208 g/mol. The topological polar surface area (TPSA) is 69.6 Å². The van der Waals surface area contributed by atoms with Crippen LogP contribution in [-0.4, -0.2) is 42.1 Å². The van der Waals surface area contributed by atoms with Crippen LogP contribution >= 0.6 is 0 Å². The highest BCUT2D eigenvalue weighted by molar-refractivity contribution is 5.73. The van der Waals surface area contributed by atoms with Crippen LogP contribution in [0.1, 0.15) is 33.1 Å². The number of hydrogen-bond donors (Lipinski definition) is 2. The molecule has 0 aliphatic carbocycles. The predicted molar refractivity (Wildman–Crippen MR) is 62.4 cm³/mol. The second-order valence-corrected chi connectivity index (χ2v) is 4.36. The summed E-state index contributed by atoms with van der Waals surface area (Å²) >= 11 is 0. The molecular formula is C11H22N2O3. The minimum absolute atomic E-state index is 0.0935. The van der Waals surface area contributed by atoms with Gasteiger partial charge in [-0.2, -0.15) is 0 Å². The average Bonchev–Trinajstić information content (AvgIpc) is 2.15. The Hall–Kier alpha value is -1.26. The summed E-state index contributed by atoms with van der Waals surface area (Å²) < 4.78 is 0. The van der Waals surface area contributed by atoms with E-state index in [0.717, 1.165) is 6.54 Å². The molecule has 0 rings (SSSR count). The molecule has 0 saturated heterocycles. The van der Waals surface area contributed by atoms with E-state index in [2.05, 4.69) is 19.2 Å². The highest BCUT2D eigenvalue weighted by atomic mass is 16.4. The predicted octanol–water partition coefficient (Wildman–Crippen LogP) is 1.54. The van der Waals surface area contributed by atoms with E-state index in [-0.39, 0.29) is 12.5 Å². The van der Waals surface area contributed by atoms with E-state index >= 15 is 0 Å². The summed E-state index contributed by atoms with van der Waals surface area (Å²) in [7, 11) is 1.76. The van der Waals surface area contributed by atoms with Gasteiger partial charge in [0, 0.05) is 26.6 Å². The lowest BCUT2D eigenvalue weighted by atomic mass is 10.2. The molecule has 0 aromatic carbocycles. The summed E-state index contributed by atoms with van der Waals surface area (Å²) in [5.41, 5.74) is 0. The normalized spacial score (nSPS) is 10.2. The molecule has 16 heavy (non-hydrogen) atoms. The second kappa shape index (κ2) is 7.96. The van der Waals surface area contributed by atoms with Crippen LogP contribution in [0.5, 0.6) is 0 Å². The van der Waals surface area contributed by atoms with Crippen molar-refractivity contribution in [2.24, 2.45) is 5.92 Å². The van der Waals surface area contributed by atoms with Crippen molar-refractivity contribution in [2.75, 3.05) is 20.1 Å². The zero-order valence-corrected chi connectivity index (χ0v) is 10.3. The number of hydrogen-bond acceptors (Lipinski definition) is 2. The molecule has 0 atom stereocenters. The zero-order chi connectivity index (χ0) is 12.6. The van der Waals surface area contributed by atoms with Crippen molar-refractivity contribution >= 4 is 12.0 Å². The monoisotopic (exact) mass is 230 g/mol. The Labute approximate surface area is 96.8 Å². The number of aliphatic carboxylic acids is 1. The fraction of sp³-hybridized carbons (Fsp3) is 0.818. The molecule has 0 saturated carbocycles. The van der Waals surface area contributed by atoms with Crippen LogP contribution in [0.3, 0.4) is 0 Å². The highest BCUT2D eigenvalue weighted by Gasteiger charge is 2.08. The number of urea groups is 1. The lowest BCUT2D eigenvalue weighted by molar-refractivity contribution is -0.137. The number of rotatable bonds is 7. The first-order valence-electron chi connectivity index (χ1n) is 5.64. The van der Waals surface area contributed by atoms with Gasteiger partial charge in [0.2, 0.25) is 0 Å². The molecule has 94 valence electrons. The number of carbonyl (C=O) groups excluding carboxylic acids is 1. The highest BCUT2D eigenvalue weighted by Crippen LogP contribution is 1.97. The Balaban J connectivity index is 3.53. The first kappa shape index (κ1) is 14.7. The van der Waals surface area contributed by atoms with Crippen LogP contribution in [0.2, 0.25) is 0 Å². The number of unbranched alkanes of at least 4 members (excludes halogenated alkanes) is 1. The molecule has 0 unspecified atom stereocenters. The molecule has 0 aromatic rings. The molecule has 0 aliphatic rings.